The third kappa shape index (κ3) is 97.0. The number of rotatable bonds is 0. The van der Waals surface area contributed by atoms with Crippen LogP contribution in [0.4, 0.5) is 0 Å². The summed E-state index contributed by atoms with van der Waals surface area (Å²) in [4.78, 5) is 0. The summed E-state index contributed by atoms with van der Waals surface area (Å²) in [6.45, 7) is 0. The van der Waals surface area contributed by atoms with Crippen molar-refractivity contribution in [2.24, 2.45) is 0 Å². The van der Waals surface area contributed by atoms with E-state index in [-0.39, 0.29) is 255 Å². The molecular formula is H20K4O8. The second-order valence-corrected chi connectivity index (χ2v) is 0. The van der Waals surface area contributed by atoms with Gasteiger partial charge in [0, 0.05) is 0 Å². The van der Waals surface area contributed by atoms with Crippen molar-refractivity contribution in [3.63, 3.8) is 0 Å². The molecule has 0 saturated carbocycles. The predicted octanol–water partition coefficient (Wildman–Crippen LogP) is -18.1. The van der Waals surface area contributed by atoms with E-state index in [0.717, 1.165) is 0 Å². The molecule has 12 heavy (non-hydrogen) atoms. The summed E-state index contributed by atoms with van der Waals surface area (Å²) >= 11 is 0. The summed E-state index contributed by atoms with van der Waals surface area (Å²) in [5.74, 6) is 0. The topological polar surface area (TPSA) is 252 Å². The third-order valence-electron chi connectivity index (χ3n) is 0. The van der Waals surface area contributed by atoms with Crippen LogP contribution in [-0.2, 0) is 0 Å². The molecule has 0 aromatic heterocycles. The van der Waals surface area contributed by atoms with Crippen LogP contribution in [0.5, 0.6) is 0 Å². The van der Waals surface area contributed by atoms with Crippen LogP contribution in [0.2, 0.25) is 0 Å². The molecule has 0 fully saturated rings. The quantitative estimate of drug-likeness (QED) is 0.377. The van der Waals surface area contributed by atoms with Crippen molar-refractivity contribution in [2.45, 2.75) is 0 Å². The summed E-state index contributed by atoms with van der Waals surface area (Å²) in [7, 11) is 0. The summed E-state index contributed by atoms with van der Waals surface area (Å²) in [5.41, 5.74) is 0. The Hall–Kier alpha value is 6.23. The van der Waals surface area contributed by atoms with Gasteiger partial charge < -0.3 is 49.5 Å². The minimum absolute atomic E-state index is 0. The van der Waals surface area contributed by atoms with Gasteiger partial charge in [-0.15, -0.1) is 0 Å². The normalized spacial score (nSPS) is 0. The average Bonchev–Trinajstić information content (AvgIpc) is 0. The van der Waals surface area contributed by atoms with E-state index in [1.165, 1.54) is 0 Å². The molecular weight excluding hydrogens is 284 g/mol. The molecule has 0 aliphatic carbocycles. The first kappa shape index (κ1) is 140. The van der Waals surface area contributed by atoms with Gasteiger partial charge in [-0.25, -0.2) is 0 Å². The maximum atomic E-state index is 0. The molecule has 0 spiro atoms. The summed E-state index contributed by atoms with van der Waals surface area (Å²) in [6.07, 6.45) is 0. The second-order valence-electron chi connectivity index (χ2n) is 0. The zero-order valence-corrected chi connectivity index (χ0v) is 20.5. The summed E-state index contributed by atoms with van der Waals surface area (Å²) in [6, 6.07) is 0. The maximum absolute atomic E-state index is 0. The average molecular weight is 305 g/mol. The van der Waals surface area contributed by atoms with E-state index in [1.54, 1.807) is 0 Å². The molecule has 0 aromatic rings. The molecule has 16 N–H and O–H groups in total. The van der Waals surface area contributed by atoms with Crippen molar-refractivity contribution in [1.29, 1.82) is 0 Å². The van der Waals surface area contributed by atoms with Gasteiger partial charge in [0.1, 0.15) is 0 Å². The molecule has 0 unspecified atom stereocenters. The Labute approximate surface area is 247 Å². The van der Waals surface area contributed by atoms with Crippen molar-refractivity contribution in [2.75, 3.05) is 0 Å². The molecule has 0 radical (unpaired) electrons. The van der Waals surface area contributed by atoms with Crippen LogP contribution in [-0.4, -0.2) is 43.8 Å². The molecule has 12 heteroatoms. The summed E-state index contributed by atoms with van der Waals surface area (Å²) < 4.78 is 0. The number of hydrogen-bond donors (Lipinski definition) is 0. The van der Waals surface area contributed by atoms with Gasteiger partial charge in [-0.3, -0.25) is 0 Å². The fourth-order valence-corrected chi connectivity index (χ4v) is 0. The van der Waals surface area contributed by atoms with E-state index in [4.69, 9.17) is 0 Å². The Morgan fingerprint density at radius 2 is 0.250 bits per heavy atom. The monoisotopic (exact) mass is 304 g/mol. The Kier molecular flexibility index (Phi) is 1360. The third-order valence-corrected chi connectivity index (χ3v) is 0. The van der Waals surface area contributed by atoms with E-state index in [1.807, 2.05) is 0 Å². The first-order valence-electron chi connectivity index (χ1n) is 0. The Morgan fingerprint density at radius 1 is 0.250 bits per heavy atom. The van der Waals surface area contributed by atoms with Crippen LogP contribution in [0.25, 0.3) is 0 Å². The fourth-order valence-electron chi connectivity index (χ4n) is 0. The minimum atomic E-state index is 0. The molecule has 8 nitrogen and oxygen atoms in total. The minimum Gasteiger partial charge on any atom is -1.00 e. The molecule has 0 heterocycles. The Balaban J connectivity index is 0. The largest absolute Gasteiger partial charge is 1.00 e. The standard InChI is InChI=1S/4K.8H2O.4H/h;;;;8*1H2;;;;/q4*+1;;;;;;;;;4*-1. The first-order valence-corrected chi connectivity index (χ1v) is 0. The van der Waals surface area contributed by atoms with Crippen LogP contribution in [0.3, 0.4) is 0 Å². The zero-order valence-electron chi connectivity index (χ0n) is 12.0. The van der Waals surface area contributed by atoms with Gasteiger partial charge in [0.2, 0.25) is 0 Å². The second kappa shape index (κ2) is 117. The SMILES string of the molecule is O.O.O.O.O.O.O.O.[H-].[H-].[H-].[H-].[K+].[K+].[K+].[K+]. The van der Waals surface area contributed by atoms with E-state index in [0.29, 0.717) is 0 Å². The van der Waals surface area contributed by atoms with Crippen LogP contribution in [0.15, 0.2) is 0 Å². The van der Waals surface area contributed by atoms with Crippen molar-refractivity contribution in [3.05, 3.63) is 0 Å². The molecule has 0 aliphatic heterocycles. The van der Waals surface area contributed by atoms with Crippen molar-refractivity contribution >= 4 is 0 Å². The fraction of sp³-hybridized carbons (Fsp3) is 0. The van der Waals surface area contributed by atoms with Crippen molar-refractivity contribution in [1.82, 2.24) is 0 Å². The van der Waals surface area contributed by atoms with Gasteiger partial charge in [-0.05, 0) is 0 Å². The Bertz CT molecular complexity index is 24.0. The first-order chi connectivity index (χ1) is 0. The summed E-state index contributed by atoms with van der Waals surface area (Å²) in [5, 5.41) is 0. The van der Waals surface area contributed by atoms with E-state index >= 15 is 0 Å². The van der Waals surface area contributed by atoms with Crippen LogP contribution >= 0.6 is 0 Å². The van der Waals surface area contributed by atoms with Crippen LogP contribution in [0, 0.1) is 0 Å². The van der Waals surface area contributed by atoms with E-state index < -0.39 is 0 Å². The molecule has 0 amide bonds. The molecule has 0 atom stereocenters. The van der Waals surface area contributed by atoms with Crippen molar-refractivity contribution in [3.8, 4) is 0 Å². The van der Waals surface area contributed by atoms with Gasteiger partial charge in [-0.1, -0.05) is 0 Å². The van der Waals surface area contributed by atoms with Gasteiger partial charge in [0.15, 0.2) is 0 Å². The van der Waals surface area contributed by atoms with Gasteiger partial charge in [0.05, 0.1) is 0 Å². The van der Waals surface area contributed by atoms with E-state index in [2.05, 4.69) is 0 Å². The molecule has 72 valence electrons. The Morgan fingerprint density at radius 3 is 0.250 bits per heavy atom. The molecule has 0 aromatic carbocycles. The molecule has 0 aliphatic rings. The number of hydrogen-bond acceptors (Lipinski definition) is 0. The van der Waals surface area contributed by atoms with Crippen LogP contribution < -0.4 is 206 Å². The van der Waals surface area contributed by atoms with E-state index in [9.17, 15) is 0 Å². The van der Waals surface area contributed by atoms with Crippen molar-refractivity contribution < 1.29 is 255 Å². The smallest absolute Gasteiger partial charge is 1.00 e. The molecule has 0 bridgehead atoms. The molecule has 0 rings (SSSR count). The van der Waals surface area contributed by atoms with Gasteiger partial charge >= 0.3 is 206 Å². The van der Waals surface area contributed by atoms with Crippen LogP contribution in [0.1, 0.15) is 5.71 Å². The zero-order chi connectivity index (χ0) is 0. The maximum Gasteiger partial charge on any atom is 1.00 e. The van der Waals surface area contributed by atoms with Gasteiger partial charge in [-0.2, -0.15) is 0 Å². The van der Waals surface area contributed by atoms with Gasteiger partial charge in [0.25, 0.3) is 0 Å². The predicted molar refractivity (Wildman–Crippen MR) is 33.4 cm³/mol. The molecule has 0 saturated heterocycles.